The van der Waals surface area contributed by atoms with Crippen LogP contribution < -0.4 is 16.0 Å². The zero-order valence-corrected chi connectivity index (χ0v) is 13.4. The molecular formula is C16H19ClN2O2. The van der Waals surface area contributed by atoms with Gasteiger partial charge in [-0.2, -0.15) is 0 Å². The van der Waals surface area contributed by atoms with Crippen LogP contribution in [0.15, 0.2) is 35.1 Å². The summed E-state index contributed by atoms with van der Waals surface area (Å²) in [6.07, 6.45) is 0. The van der Waals surface area contributed by atoms with Crippen molar-refractivity contribution in [1.29, 1.82) is 0 Å². The van der Waals surface area contributed by atoms with Gasteiger partial charge in [-0.15, -0.1) is 0 Å². The first-order valence-electron chi connectivity index (χ1n) is 6.59. The predicted molar refractivity (Wildman–Crippen MR) is 85.9 cm³/mol. The third-order valence-corrected chi connectivity index (χ3v) is 3.74. The summed E-state index contributed by atoms with van der Waals surface area (Å²) in [6, 6.07) is 9.08. The summed E-state index contributed by atoms with van der Waals surface area (Å²) in [5.41, 5.74) is 7.45. The molecule has 0 fully saturated rings. The van der Waals surface area contributed by atoms with E-state index in [-0.39, 0.29) is 5.56 Å². The molecule has 0 spiro atoms. The van der Waals surface area contributed by atoms with Crippen LogP contribution in [-0.2, 0) is 12.6 Å². The Bertz CT molecular complexity index is 730. The van der Waals surface area contributed by atoms with Gasteiger partial charge < -0.3 is 15.0 Å². The molecule has 0 saturated heterocycles. The number of methoxy groups -OCH3 is 1. The summed E-state index contributed by atoms with van der Waals surface area (Å²) in [5, 5.41) is 0.505. The molecular weight excluding hydrogens is 288 g/mol. The van der Waals surface area contributed by atoms with Gasteiger partial charge in [-0.1, -0.05) is 11.6 Å². The van der Waals surface area contributed by atoms with E-state index in [2.05, 4.69) is 0 Å². The lowest BCUT2D eigenvalue weighted by Gasteiger charge is -2.20. The van der Waals surface area contributed by atoms with Crippen molar-refractivity contribution in [2.45, 2.75) is 19.4 Å². The Kier molecular flexibility index (Phi) is 4.12. The van der Waals surface area contributed by atoms with Crippen LogP contribution in [0.4, 0.5) is 0 Å². The lowest BCUT2D eigenvalue weighted by atomic mass is 9.96. The minimum absolute atomic E-state index is 0.105. The molecule has 0 atom stereocenters. The van der Waals surface area contributed by atoms with Crippen LogP contribution in [0, 0.1) is 0 Å². The maximum absolute atomic E-state index is 12.4. The number of benzene rings is 1. The van der Waals surface area contributed by atoms with Gasteiger partial charge in [-0.25, -0.2) is 0 Å². The fourth-order valence-electron chi connectivity index (χ4n) is 2.24. The van der Waals surface area contributed by atoms with Crippen molar-refractivity contribution in [3.05, 3.63) is 51.3 Å². The van der Waals surface area contributed by atoms with Crippen LogP contribution in [0.2, 0.25) is 5.02 Å². The molecule has 0 amide bonds. The lowest BCUT2D eigenvalue weighted by molar-refractivity contribution is 0.415. The Morgan fingerprint density at radius 2 is 1.90 bits per heavy atom. The van der Waals surface area contributed by atoms with Gasteiger partial charge in [0.25, 0.3) is 5.56 Å². The zero-order chi connectivity index (χ0) is 15.8. The number of nitrogens with zero attached hydrogens (tertiary/aromatic N) is 1. The van der Waals surface area contributed by atoms with Gasteiger partial charge in [-0.3, -0.25) is 4.79 Å². The Morgan fingerprint density at radius 1 is 1.24 bits per heavy atom. The van der Waals surface area contributed by atoms with E-state index in [1.54, 1.807) is 36.9 Å². The lowest BCUT2D eigenvalue weighted by Crippen LogP contribution is -2.37. The van der Waals surface area contributed by atoms with Crippen LogP contribution in [0.1, 0.15) is 19.4 Å². The standard InChI is InChI=1S/C16H19ClN2O2/c1-16(2,18)11-6-7-13(19(3)15(11)20)10-5-8-14(21-4)12(17)9-10/h5-9H,18H2,1-4H3. The summed E-state index contributed by atoms with van der Waals surface area (Å²) in [7, 11) is 3.29. The van der Waals surface area contributed by atoms with Crippen molar-refractivity contribution in [2.75, 3.05) is 7.11 Å². The van der Waals surface area contributed by atoms with Crippen molar-refractivity contribution < 1.29 is 4.74 Å². The summed E-state index contributed by atoms with van der Waals surface area (Å²) >= 11 is 6.14. The Balaban J connectivity index is 2.59. The van der Waals surface area contributed by atoms with Gasteiger partial charge in [0.1, 0.15) is 5.75 Å². The number of rotatable bonds is 3. The smallest absolute Gasteiger partial charge is 0.255 e. The second-order valence-electron chi connectivity index (χ2n) is 5.57. The van der Waals surface area contributed by atoms with Gasteiger partial charge in [0.2, 0.25) is 0 Å². The maximum Gasteiger partial charge on any atom is 0.255 e. The van der Waals surface area contributed by atoms with Crippen molar-refractivity contribution in [3.63, 3.8) is 0 Å². The monoisotopic (exact) mass is 306 g/mol. The van der Waals surface area contributed by atoms with Gasteiger partial charge in [0, 0.05) is 18.2 Å². The zero-order valence-electron chi connectivity index (χ0n) is 12.6. The highest BCUT2D eigenvalue weighted by atomic mass is 35.5. The van der Waals surface area contributed by atoms with E-state index in [4.69, 9.17) is 22.1 Å². The van der Waals surface area contributed by atoms with E-state index in [1.165, 1.54) is 0 Å². The van der Waals surface area contributed by atoms with Crippen molar-refractivity contribution in [1.82, 2.24) is 4.57 Å². The van der Waals surface area contributed by atoms with Crippen molar-refractivity contribution in [3.8, 4) is 17.0 Å². The van der Waals surface area contributed by atoms with E-state index in [0.717, 1.165) is 11.3 Å². The summed E-state index contributed by atoms with van der Waals surface area (Å²) in [4.78, 5) is 12.4. The SMILES string of the molecule is COc1ccc(-c2ccc(C(C)(C)N)c(=O)n2C)cc1Cl. The van der Waals surface area contributed by atoms with Gasteiger partial charge >= 0.3 is 0 Å². The van der Waals surface area contributed by atoms with E-state index in [9.17, 15) is 4.79 Å². The first kappa shape index (κ1) is 15.6. The average molecular weight is 307 g/mol. The molecule has 2 N–H and O–H groups in total. The van der Waals surface area contributed by atoms with Crippen LogP contribution in [0.5, 0.6) is 5.75 Å². The Labute approximate surface area is 129 Å². The van der Waals surface area contributed by atoms with Crippen LogP contribution in [0.3, 0.4) is 0 Å². The number of ether oxygens (including phenoxy) is 1. The first-order valence-corrected chi connectivity index (χ1v) is 6.97. The molecule has 2 rings (SSSR count). The van der Waals surface area contributed by atoms with E-state index >= 15 is 0 Å². The molecule has 0 saturated carbocycles. The number of pyridine rings is 1. The molecule has 0 aliphatic carbocycles. The molecule has 2 aromatic rings. The van der Waals surface area contributed by atoms with Gasteiger partial charge in [0.15, 0.2) is 0 Å². The number of nitrogens with two attached hydrogens (primary N) is 1. The molecule has 0 unspecified atom stereocenters. The van der Waals surface area contributed by atoms with Gasteiger partial charge in [0.05, 0.1) is 17.8 Å². The highest BCUT2D eigenvalue weighted by Crippen LogP contribution is 2.30. The highest BCUT2D eigenvalue weighted by Gasteiger charge is 2.20. The largest absolute Gasteiger partial charge is 0.495 e. The molecule has 112 valence electrons. The Hall–Kier alpha value is -1.78. The van der Waals surface area contributed by atoms with E-state index in [0.29, 0.717) is 16.3 Å². The van der Waals surface area contributed by atoms with Crippen LogP contribution >= 0.6 is 11.6 Å². The molecule has 1 aromatic carbocycles. The molecule has 4 nitrogen and oxygen atoms in total. The molecule has 0 radical (unpaired) electrons. The number of hydrogen-bond donors (Lipinski definition) is 1. The third-order valence-electron chi connectivity index (χ3n) is 3.45. The Morgan fingerprint density at radius 3 is 2.43 bits per heavy atom. The number of hydrogen-bond acceptors (Lipinski definition) is 3. The fraction of sp³-hybridized carbons (Fsp3) is 0.312. The third kappa shape index (κ3) is 2.96. The minimum atomic E-state index is -0.676. The predicted octanol–water partition coefficient (Wildman–Crippen LogP) is 2.91. The highest BCUT2D eigenvalue weighted by molar-refractivity contribution is 6.32. The molecule has 0 bridgehead atoms. The van der Waals surface area contributed by atoms with Gasteiger partial charge in [-0.05, 0) is 49.7 Å². The molecule has 1 aromatic heterocycles. The fourth-order valence-corrected chi connectivity index (χ4v) is 2.50. The minimum Gasteiger partial charge on any atom is -0.495 e. The summed E-state index contributed by atoms with van der Waals surface area (Å²) in [6.45, 7) is 3.63. The average Bonchev–Trinajstić information content (AvgIpc) is 2.40. The van der Waals surface area contributed by atoms with Crippen molar-refractivity contribution >= 4 is 11.6 Å². The molecule has 1 heterocycles. The second kappa shape index (κ2) is 5.54. The summed E-state index contributed by atoms with van der Waals surface area (Å²) in [5.74, 6) is 0.602. The van der Waals surface area contributed by atoms with E-state index < -0.39 is 5.54 Å². The second-order valence-corrected chi connectivity index (χ2v) is 5.97. The quantitative estimate of drug-likeness (QED) is 0.948. The van der Waals surface area contributed by atoms with E-state index in [1.807, 2.05) is 26.0 Å². The number of aromatic nitrogens is 1. The molecule has 0 aliphatic heterocycles. The topological polar surface area (TPSA) is 57.2 Å². The molecule has 5 heteroatoms. The van der Waals surface area contributed by atoms with Crippen LogP contribution in [0.25, 0.3) is 11.3 Å². The normalized spacial score (nSPS) is 11.5. The molecule has 0 aliphatic rings. The number of halogens is 1. The summed E-state index contributed by atoms with van der Waals surface area (Å²) < 4.78 is 6.72. The molecule has 21 heavy (non-hydrogen) atoms. The maximum atomic E-state index is 12.4. The van der Waals surface area contributed by atoms with Crippen molar-refractivity contribution in [2.24, 2.45) is 12.8 Å². The first-order chi connectivity index (χ1) is 9.75. The van der Waals surface area contributed by atoms with Crippen LogP contribution in [-0.4, -0.2) is 11.7 Å².